The molecule has 0 amide bonds. The molecule has 2 aliphatic carbocycles. The van der Waals surface area contributed by atoms with E-state index in [4.69, 9.17) is 14.2 Å². The number of hydrogen-bond donors (Lipinski definition) is 0. The summed E-state index contributed by atoms with van der Waals surface area (Å²) in [6, 6.07) is 9.04. The van der Waals surface area contributed by atoms with Crippen molar-refractivity contribution in [3.8, 4) is 16.9 Å². The zero-order chi connectivity index (χ0) is 18.2. The highest BCUT2D eigenvalue weighted by molar-refractivity contribution is 6.12. The molecule has 5 nitrogen and oxygen atoms in total. The van der Waals surface area contributed by atoms with Crippen LogP contribution in [0.2, 0.25) is 0 Å². The minimum Gasteiger partial charge on any atom is -0.492 e. The van der Waals surface area contributed by atoms with E-state index < -0.39 is 11.9 Å². The van der Waals surface area contributed by atoms with Crippen LogP contribution in [0.25, 0.3) is 11.1 Å². The first-order valence-electron chi connectivity index (χ1n) is 8.67. The molecule has 0 radical (unpaired) electrons. The first-order chi connectivity index (χ1) is 12.2. The second-order valence-electron chi connectivity index (χ2n) is 5.46. The average Bonchev–Trinajstić information content (AvgIpc) is 2.72. The van der Waals surface area contributed by atoms with Crippen LogP contribution in [0.5, 0.6) is 5.75 Å². The van der Waals surface area contributed by atoms with Crippen LogP contribution in [0.4, 0.5) is 0 Å². The fraction of sp³-hybridized carbons (Fsp3) is 0.400. The molecule has 0 saturated heterocycles. The number of carbonyl (C=O) groups excluding carboxylic acids is 2. The number of hydrogen-bond acceptors (Lipinski definition) is 5. The highest BCUT2D eigenvalue weighted by atomic mass is 16.5. The van der Waals surface area contributed by atoms with Gasteiger partial charge in [-0.05, 0) is 20.3 Å². The molecule has 134 valence electrons. The first kappa shape index (κ1) is 18.8. The third kappa shape index (κ3) is 4.10. The highest BCUT2D eigenvalue weighted by Gasteiger charge is 2.33. The average molecular weight is 344 g/mol. The Labute approximate surface area is 148 Å². The summed E-state index contributed by atoms with van der Waals surface area (Å²) < 4.78 is 16.2. The van der Waals surface area contributed by atoms with Crippen molar-refractivity contribution in [3.63, 3.8) is 0 Å². The Kier molecular flexibility index (Phi) is 6.81. The minimum atomic E-state index is -0.499. The van der Waals surface area contributed by atoms with E-state index in [0.29, 0.717) is 17.7 Å². The molecule has 2 aliphatic rings. The van der Waals surface area contributed by atoms with Gasteiger partial charge in [0.2, 0.25) is 0 Å². The first-order valence-corrected chi connectivity index (χ1v) is 8.67. The van der Waals surface area contributed by atoms with E-state index in [1.54, 1.807) is 26.0 Å². The Bertz CT molecular complexity index is 655. The molecule has 0 aromatic rings. The van der Waals surface area contributed by atoms with Crippen molar-refractivity contribution in [2.75, 3.05) is 19.8 Å². The van der Waals surface area contributed by atoms with E-state index >= 15 is 0 Å². The highest BCUT2D eigenvalue weighted by Crippen LogP contribution is 2.42. The molecule has 5 heteroatoms. The Morgan fingerprint density at radius 2 is 1.36 bits per heavy atom. The number of unbranched alkanes of at least 4 members (excludes halogenated alkanes) is 1. The van der Waals surface area contributed by atoms with Crippen LogP contribution in [0.3, 0.4) is 0 Å². The monoisotopic (exact) mass is 344 g/mol. The van der Waals surface area contributed by atoms with Gasteiger partial charge in [0.1, 0.15) is 16.9 Å². The van der Waals surface area contributed by atoms with Crippen LogP contribution in [0.15, 0.2) is 30.3 Å². The molecule has 0 bridgehead atoms. The number of carbonyl (C=O) groups is 2. The SMILES string of the molecule is CCCCOc1c(C(=O)OCC)c2cccccc-2c1C(=O)OCC. The molecule has 25 heavy (non-hydrogen) atoms. The predicted octanol–water partition coefficient (Wildman–Crippen LogP) is 4.32. The van der Waals surface area contributed by atoms with Gasteiger partial charge >= 0.3 is 11.9 Å². The summed E-state index contributed by atoms with van der Waals surface area (Å²) in [7, 11) is 0. The topological polar surface area (TPSA) is 61.8 Å². The lowest BCUT2D eigenvalue weighted by Gasteiger charge is -2.10. The van der Waals surface area contributed by atoms with Crippen molar-refractivity contribution in [1.82, 2.24) is 0 Å². The molecule has 0 unspecified atom stereocenters. The van der Waals surface area contributed by atoms with Gasteiger partial charge in [-0.3, -0.25) is 0 Å². The van der Waals surface area contributed by atoms with Crippen molar-refractivity contribution in [3.05, 3.63) is 41.5 Å². The summed E-state index contributed by atoms with van der Waals surface area (Å²) in [5, 5.41) is 0. The quantitative estimate of drug-likeness (QED) is 0.527. The van der Waals surface area contributed by atoms with E-state index in [-0.39, 0.29) is 30.1 Å². The summed E-state index contributed by atoms with van der Waals surface area (Å²) in [6.07, 6.45) is 1.76. The smallest absolute Gasteiger partial charge is 0.342 e. The molecule has 0 saturated carbocycles. The lowest BCUT2D eigenvalue weighted by atomic mass is 10.1. The van der Waals surface area contributed by atoms with Crippen LogP contribution in [-0.2, 0) is 9.47 Å². The maximum atomic E-state index is 12.6. The van der Waals surface area contributed by atoms with E-state index in [1.807, 2.05) is 25.1 Å². The largest absolute Gasteiger partial charge is 0.492 e. The van der Waals surface area contributed by atoms with Crippen LogP contribution in [0, 0.1) is 0 Å². The van der Waals surface area contributed by atoms with E-state index in [9.17, 15) is 9.59 Å². The predicted molar refractivity (Wildman–Crippen MR) is 95.4 cm³/mol. The zero-order valence-corrected chi connectivity index (χ0v) is 15.0. The number of esters is 2. The van der Waals surface area contributed by atoms with Crippen molar-refractivity contribution >= 4 is 11.9 Å². The standard InChI is InChI=1S/C20H24O5/c1-4-7-13-25-18-16(19(21)23-5-2)14-11-9-8-10-12-15(14)17(18)20(22)24-6-3/h8-12H,4-7,13H2,1-3H3. The van der Waals surface area contributed by atoms with Crippen molar-refractivity contribution in [2.45, 2.75) is 33.6 Å². The van der Waals surface area contributed by atoms with E-state index in [0.717, 1.165) is 12.8 Å². The fourth-order valence-electron chi connectivity index (χ4n) is 2.63. The summed E-state index contributed by atoms with van der Waals surface area (Å²) in [4.78, 5) is 25.1. The molecular weight excluding hydrogens is 320 g/mol. The van der Waals surface area contributed by atoms with E-state index in [1.165, 1.54) is 0 Å². The Morgan fingerprint density at radius 3 is 1.80 bits per heavy atom. The summed E-state index contributed by atoms with van der Waals surface area (Å²) in [5.41, 5.74) is 1.82. The summed E-state index contributed by atoms with van der Waals surface area (Å²) in [5.74, 6) is -0.743. The molecule has 0 fully saturated rings. The van der Waals surface area contributed by atoms with Gasteiger partial charge in [-0.1, -0.05) is 43.7 Å². The lowest BCUT2D eigenvalue weighted by molar-refractivity contribution is 0.0521. The summed E-state index contributed by atoms with van der Waals surface area (Å²) >= 11 is 0. The molecule has 0 aromatic heterocycles. The van der Waals surface area contributed by atoms with Crippen molar-refractivity contribution in [1.29, 1.82) is 0 Å². The molecule has 0 N–H and O–H groups in total. The molecule has 0 atom stereocenters. The second-order valence-corrected chi connectivity index (χ2v) is 5.46. The molecule has 0 aliphatic heterocycles. The van der Waals surface area contributed by atoms with Crippen LogP contribution < -0.4 is 4.74 Å². The van der Waals surface area contributed by atoms with Gasteiger partial charge in [-0.15, -0.1) is 0 Å². The van der Waals surface area contributed by atoms with Gasteiger partial charge in [0.15, 0.2) is 0 Å². The third-order valence-corrected chi connectivity index (χ3v) is 3.73. The Balaban J connectivity index is 2.67. The van der Waals surface area contributed by atoms with Crippen LogP contribution in [0.1, 0.15) is 54.3 Å². The molecular formula is C20H24O5. The normalized spacial score (nSPS) is 10.5. The number of rotatable bonds is 8. The number of ether oxygens (including phenoxy) is 3. The Hall–Kier alpha value is -2.56. The molecule has 0 heterocycles. The third-order valence-electron chi connectivity index (χ3n) is 3.73. The van der Waals surface area contributed by atoms with Gasteiger partial charge in [-0.2, -0.15) is 0 Å². The van der Waals surface area contributed by atoms with Gasteiger partial charge in [0, 0.05) is 11.1 Å². The van der Waals surface area contributed by atoms with Gasteiger partial charge < -0.3 is 14.2 Å². The zero-order valence-electron chi connectivity index (χ0n) is 15.0. The van der Waals surface area contributed by atoms with Crippen molar-refractivity contribution < 1.29 is 23.8 Å². The molecule has 0 aromatic carbocycles. The van der Waals surface area contributed by atoms with Gasteiger partial charge in [-0.25, -0.2) is 9.59 Å². The maximum absolute atomic E-state index is 12.6. The van der Waals surface area contributed by atoms with E-state index in [2.05, 4.69) is 0 Å². The number of fused-ring (bicyclic) bond motifs is 1. The second kappa shape index (κ2) is 9.06. The molecule has 2 rings (SSSR count). The summed E-state index contributed by atoms with van der Waals surface area (Å²) in [6.45, 7) is 6.43. The Morgan fingerprint density at radius 1 is 0.840 bits per heavy atom. The van der Waals surface area contributed by atoms with Crippen molar-refractivity contribution in [2.24, 2.45) is 0 Å². The fourth-order valence-corrected chi connectivity index (χ4v) is 2.63. The molecule has 0 spiro atoms. The minimum absolute atomic E-state index is 0.244. The van der Waals surface area contributed by atoms with Gasteiger partial charge in [0.25, 0.3) is 0 Å². The van der Waals surface area contributed by atoms with Crippen LogP contribution >= 0.6 is 0 Å². The lowest BCUT2D eigenvalue weighted by Crippen LogP contribution is -2.10. The van der Waals surface area contributed by atoms with Gasteiger partial charge in [0.05, 0.1) is 19.8 Å². The van der Waals surface area contributed by atoms with Crippen LogP contribution in [-0.4, -0.2) is 31.8 Å². The maximum Gasteiger partial charge on any atom is 0.342 e.